The van der Waals surface area contributed by atoms with Crippen molar-refractivity contribution in [2.24, 2.45) is 0 Å². The molecule has 2 aromatic rings. The van der Waals surface area contributed by atoms with Gasteiger partial charge >= 0.3 is 0 Å². The van der Waals surface area contributed by atoms with Crippen LogP contribution in [0.2, 0.25) is 0 Å². The number of amides is 1. The number of carbonyl (C=O) groups is 1. The molecule has 0 aliphatic carbocycles. The van der Waals surface area contributed by atoms with Crippen molar-refractivity contribution in [3.8, 4) is 0 Å². The van der Waals surface area contributed by atoms with Gasteiger partial charge in [-0.15, -0.1) is 0 Å². The molecule has 7 heteroatoms. The summed E-state index contributed by atoms with van der Waals surface area (Å²) >= 11 is 1.75. The van der Waals surface area contributed by atoms with Crippen LogP contribution in [0.3, 0.4) is 0 Å². The number of carbonyl (C=O) groups excluding carboxylic acids is 1. The molecule has 0 fully saturated rings. The van der Waals surface area contributed by atoms with E-state index < -0.39 is 16.1 Å². The normalized spacial score (nSPS) is 12.4. The molecule has 0 aliphatic rings. The standard InChI is InChI=1S/C21H28N2O3S2/c1-4-20(23(28(3,25)26)19-12-6-5-7-13-19)21(24)22-14-15-27-16-18-11-9-8-10-17(18)2/h5-13,20H,4,14-16H2,1-3H3,(H,22,24). The second-order valence-electron chi connectivity index (χ2n) is 6.59. The molecule has 0 saturated carbocycles. The van der Waals surface area contributed by atoms with Gasteiger partial charge < -0.3 is 5.32 Å². The summed E-state index contributed by atoms with van der Waals surface area (Å²) in [6.07, 6.45) is 1.53. The van der Waals surface area contributed by atoms with E-state index in [1.54, 1.807) is 36.0 Å². The first-order chi connectivity index (χ1) is 13.3. The van der Waals surface area contributed by atoms with E-state index in [1.165, 1.54) is 15.4 Å². The molecular weight excluding hydrogens is 392 g/mol. The largest absolute Gasteiger partial charge is 0.353 e. The van der Waals surface area contributed by atoms with Crippen LogP contribution in [0.5, 0.6) is 0 Å². The van der Waals surface area contributed by atoms with Crippen molar-refractivity contribution in [2.45, 2.75) is 32.1 Å². The van der Waals surface area contributed by atoms with Crippen LogP contribution < -0.4 is 9.62 Å². The number of aryl methyl sites for hydroxylation is 1. The highest BCUT2D eigenvalue weighted by Crippen LogP contribution is 2.22. The SMILES string of the molecule is CCC(C(=O)NCCSCc1ccccc1C)N(c1ccccc1)S(C)(=O)=O. The third-order valence-electron chi connectivity index (χ3n) is 4.40. The Hall–Kier alpha value is -1.99. The van der Waals surface area contributed by atoms with E-state index in [9.17, 15) is 13.2 Å². The summed E-state index contributed by atoms with van der Waals surface area (Å²) in [4.78, 5) is 12.7. The molecule has 2 aromatic carbocycles. The predicted molar refractivity (Wildman–Crippen MR) is 118 cm³/mol. The van der Waals surface area contributed by atoms with Gasteiger partial charge in [-0.25, -0.2) is 8.42 Å². The molecule has 0 bridgehead atoms. The van der Waals surface area contributed by atoms with Crippen molar-refractivity contribution in [3.63, 3.8) is 0 Å². The van der Waals surface area contributed by atoms with Crippen molar-refractivity contribution in [1.82, 2.24) is 5.32 Å². The minimum Gasteiger partial charge on any atom is -0.353 e. The summed E-state index contributed by atoms with van der Waals surface area (Å²) in [5.74, 6) is 1.38. The average Bonchev–Trinajstić information content (AvgIpc) is 2.66. The van der Waals surface area contributed by atoms with Crippen LogP contribution in [0.4, 0.5) is 5.69 Å². The fourth-order valence-corrected chi connectivity index (χ4v) is 5.10. The lowest BCUT2D eigenvalue weighted by molar-refractivity contribution is -0.122. The minimum absolute atomic E-state index is 0.270. The maximum absolute atomic E-state index is 12.7. The average molecular weight is 421 g/mol. The number of thioether (sulfide) groups is 1. The Morgan fingerprint density at radius 1 is 1.11 bits per heavy atom. The summed E-state index contributed by atoms with van der Waals surface area (Å²) in [7, 11) is -3.58. The molecule has 2 rings (SSSR count). The van der Waals surface area contributed by atoms with E-state index in [-0.39, 0.29) is 5.91 Å². The van der Waals surface area contributed by atoms with Gasteiger partial charge in [-0.1, -0.05) is 49.4 Å². The molecule has 0 heterocycles. The number of para-hydroxylation sites is 1. The van der Waals surface area contributed by atoms with E-state index in [4.69, 9.17) is 0 Å². The summed E-state index contributed by atoms with van der Waals surface area (Å²) in [5.41, 5.74) is 3.05. The number of anilines is 1. The summed E-state index contributed by atoms with van der Waals surface area (Å²) in [6.45, 7) is 4.41. The summed E-state index contributed by atoms with van der Waals surface area (Å²) in [5, 5.41) is 2.89. The second-order valence-corrected chi connectivity index (χ2v) is 9.55. The van der Waals surface area contributed by atoms with Gasteiger partial charge in [0.15, 0.2) is 0 Å². The Morgan fingerprint density at radius 2 is 1.75 bits per heavy atom. The molecular formula is C21H28N2O3S2. The molecule has 0 aromatic heterocycles. The Kier molecular flexibility index (Phi) is 8.38. The van der Waals surface area contributed by atoms with E-state index in [0.29, 0.717) is 18.7 Å². The molecule has 28 heavy (non-hydrogen) atoms. The van der Waals surface area contributed by atoms with Gasteiger partial charge in [-0.3, -0.25) is 9.10 Å². The molecule has 0 saturated heterocycles. The highest BCUT2D eigenvalue weighted by Gasteiger charge is 2.31. The lowest BCUT2D eigenvalue weighted by Crippen LogP contribution is -2.49. The highest BCUT2D eigenvalue weighted by molar-refractivity contribution is 7.98. The van der Waals surface area contributed by atoms with Gasteiger partial charge in [0, 0.05) is 18.1 Å². The molecule has 0 spiro atoms. The van der Waals surface area contributed by atoms with Crippen LogP contribution >= 0.6 is 11.8 Å². The van der Waals surface area contributed by atoms with Gasteiger partial charge in [-0.2, -0.15) is 11.8 Å². The van der Waals surface area contributed by atoms with Crippen LogP contribution in [0.1, 0.15) is 24.5 Å². The quantitative estimate of drug-likeness (QED) is 0.597. The summed E-state index contributed by atoms with van der Waals surface area (Å²) < 4.78 is 25.9. The Morgan fingerprint density at radius 3 is 2.36 bits per heavy atom. The Labute approximate surface area is 172 Å². The molecule has 1 amide bonds. The number of rotatable bonds is 10. The first-order valence-corrected chi connectivity index (χ1v) is 12.3. The zero-order chi connectivity index (χ0) is 20.6. The number of nitrogens with one attached hydrogen (secondary N) is 1. The molecule has 5 nitrogen and oxygen atoms in total. The van der Waals surface area contributed by atoms with E-state index in [0.717, 1.165) is 17.8 Å². The van der Waals surface area contributed by atoms with Crippen molar-refractivity contribution in [3.05, 3.63) is 65.7 Å². The molecule has 1 N–H and O–H groups in total. The minimum atomic E-state index is -3.58. The van der Waals surface area contributed by atoms with E-state index in [1.807, 2.05) is 25.1 Å². The van der Waals surface area contributed by atoms with Gasteiger partial charge in [0.05, 0.1) is 11.9 Å². The van der Waals surface area contributed by atoms with Crippen LogP contribution in [0.25, 0.3) is 0 Å². The monoisotopic (exact) mass is 420 g/mol. The van der Waals surface area contributed by atoms with Crippen LogP contribution in [-0.2, 0) is 20.6 Å². The molecule has 1 unspecified atom stereocenters. The lowest BCUT2D eigenvalue weighted by Gasteiger charge is -2.30. The zero-order valence-corrected chi connectivity index (χ0v) is 18.2. The van der Waals surface area contributed by atoms with Crippen LogP contribution in [-0.4, -0.2) is 38.9 Å². The molecule has 0 aliphatic heterocycles. The zero-order valence-electron chi connectivity index (χ0n) is 16.6. The van der Waals surface area contributed by atoms with Gasteiger partial charge in [0.2, 0.25) is 15.9 Å². The molecule has 1 atom stereocenters. The number of sulfonamides is 1. The third kappa shape index (κ3) is 6.27. The number of benzene rings is 2. The smallest absolute Gasteiger partial charge is 0.243 e. The number of hydrogen-bond acceptors (Lipinski definition) is 4. The van der Waals surface area contributed by atoms with Crippen molar-refractivity contribution < 1.29 is 13.2 Å². The van der Waals surface area contributed by atoms with Gasteiger partial charge in [0.1, 0.15) is 6.04 Å². The maximum Gasteiger partial charge on any atom is 0.243 e. The fourth-order valence-electron chi connectivity index (χ4n) is 2.95. The fraction of sp³-hybridized carbons (Fsp3) is 0.381. The van der Waals surface area contributed by atoms with Gasteiger partial charge in [0.25, 0.3) is 0 Å². The molecule has 152 valence electrons. The first-order valence-electron chi connectivity index (χ1n) is 9.29. The lowest BCUT2D eigenvalue weighted by atomic mass is 10.1. The van der Waals surface area contributed by atoms with E-state index in [2.05, 4.69) is 24.4 Å². The Bertz CT molecular complexity index is 870. The molecule has 0 radical (unpaired) electrons. The van der Waals surface area contributed by atoms with Crippen molar-refractivity contribution >= 4 is 33.4 Å². The highest BCUT2D eigenvalue weighted by atomic mass is 32.2. The van der Waals surface area contributed by atoms with Crippen molar-refractivity contribution in [2.75, 3.05) is 22.9 Å². The van der Waals surface area contributed by atoms with Gasteiger partial charge in [-0.05, 0) is 36.6 Å². The second kappa shape index (κ2) is 10.5. The van der Waals surface area contributed by atoms with Crippen LogP contribution in [0.15, 0.2) is 54.6 Å². The van der Waals surface area contributed by atoms with Crippen LogP contribution in [0, 0.1) is 6.92 Å². The number of nitrogens with zero attached hydrogens (tertiary/aromatic N) is 1. The first kappa shape index (κ1) is 22.3. The number of hydrogen-bond donors (Lipinski definition) is 1. The summed E-state index contributed by atoms with van der Waals surface area (Å²) in [6, 6.07) is 16.2. The van der Waals surface area contributed by atoms with Crippen molar-refractivity contribution in [1.29, 1.82) is 0 Å². The van der Waals surface area contributed by atoms with E-state index >= 15 is 0 Å². The predicted octanol–water partition coefficient (Wildman–Crippen LogP) is 3.59. The topological polar surface area (TPSA) is 66.5 Å². The third-order valence-corrected chi connectivity index (χ3v) is 6.59. The Balaban J connectivity index is 1.94. The maximum atomic E-state index is 12.7.